The smallest absolute Gasteiger partial charge is 0.254 e. The summed E-state index contributed by atoms with van der Waals surface area (Å²) < 4.78 is 0.438. The molecule has 3 N–H and O–H groups in total. The fourth-order valence-electron chi connectivity index (χ4n) is 2.00. The molecule has 1 aromatic heterocycles. The van der Waals surface area contributed by atoms with E-state index in [1.807, 2.05) is 37.3 Å². The van der Waals surface area contributed by atoms with Crippen LogP contribution in [0.1, 0.15) is 21.6 Å². The first-order valence-electron chi connectivity index (χ1n) is 6.74. The molecule has 2 rings (SSSR count). The van der Waals surface area contributed by atoms with Gasteiger partial charge in [0, 0.05) is 12.1 Å². The number of nitrogens with one attached hydrogen (secondary N) is 1. The highest BCUT2D eigenvalue weighted by Gasteiger charge is 2.21. The van der Waals surface area contributed by atoms with E-state index in [1.165, 1.54) is 0 Å². The molecular formula is C16H16BrN3O2. The third kappa shape index (κ3) is 4.14. The second-order valence-electron chi connectivity index (χ2n) is 4.91. The number of benzene rings is 1. The van der Waals surface area contributed by atoms with Gasteiger partial charge in [0.25, 0.3) is 5.91 Å². The lowest BCUT2D eigenvalue weighted by Gasteiger charge is -2.16. The minimum absolute atomic E-state index is 0.346. The normalized spacial score (nSPS) is 11.7. The maximum atomic E-state index is 12.3. The number of hydrogen-bond acceptors (Lipinski definition) is 3. The summed E-state index contributed by atoms with van der Waals surface area (Å²) in [7, 11) is 0. The summed E-state index contributed by atoms with van der Waals surface area (Å²) in [6, 6.07) is 12.0. The van der Waals surface area contributed by atoms with Crippen LogP contribution in [-0.4, -0.2) is 22.8 Å². The lowest BCUT2D eigenvalue weighted by atomic mass is 10.1. The Morgan fingerprint density at radius 1 is 1.23 bits per heavy atom. The van der Waals surface area contributed by atoms with Crippen molar-refractivity contribution in [3.8, 4) is 0 Å². The third-order valence-electron chi connectivity index (χ3n) is 3.16. The van der Waals surface area contributed by atoms with Crippen molar-refractivity contribution in [1.29, 1.82) is 0 Å². The van der Waals surface area contributed by atoms with Crippen molar-refractivity contribution >= 4 is 27.7 Å². The van der Waals surface area contributed by atoms with E-state index >= 15 is 0 Å². The van der Waals surface area contributed by atoms with E-state index in [9.17, 15) is 9.59 Å². The molecule has 0 spiro atoms. The molecule has 1 atom stereocenters. The highest BCUT2D eigenvalue weighted by atomic mass is 79.9. The Labute approximate surface area is 137 Å². The van der Waals surface area contributed by atoms with Gasteiger partial charge in [-0.05, 0) is 40.5 Å². The maximum absolute atomic E-state index is 12.3. The topological polar surface area (TPSA) is 85.1 Å². The first-order valence-corrected chi connectivity index (χ1v) is 7.54. The van der Waals surface area contributed by atoms with E-state index in [0.717, 1.165) is 11.3 Å². The third-order valence-corrected chi connectivity index (χ3v) is 3.77. The summed E-state index contributed by atoms with van der Waals surface area (Å²) in [6.07, 6.45) is 0.346. The van der Waals surface area contributed by atoms with Gasteiger partial charge < -0.3 is 11.1 Å². The summed E-state index contributed by atoms with van der Waals surface area (Å²) in [6.45, 7) is 1.83. The van der Waals surface area contributed by atoms with Crippen molar-refractivity contribution in [1.82, 2.24) is 10.3 Å². The Balaban J connectivity index is 2.14. The molecule has 0 unspecified atom stereocenters. The number of halogens is 1. The van der Waals surface area contributed by atoms with Gasteiger partial charge in [0.15, 0.2) is 0 Å². The average Bonchev–Trinajstić information content (AvgIpc) is 2.47. The number of rotatable bonds is 5. The van der Waals surface area contributed by atoms with Crippen molar-refractivity contribution in [3.05, 3.63) is 63.9 Å². The number of hydrogen-bond donors (Lipinski definition) is 2. The summed E-state index contributed by atoms with van der Waals surface area (Å²) in [4.78, 5) is 28.1. The fraction of sp³-hybridized carbons (Fsp3) is 0.188. The predicted octanol–water partition coefficient (Wildman–Crippen LogP) is 1.98. The zero-order valence-corrected chi connectivity index (χ0v) is 13.6. The van der Waals surface area contributed by atoms with E-state index in [-0.39, 0.29) is 5.91 Å². The van der Waals surface area contributed by atoms with E-state index < -0.39 is 11.9 Å². The predicted molar refractivity (Wildman–Crippen MR) is 87.3 cm³/mol. The Morgan fingerprint density at radius 2 is 1.91 bits per heavy atom. The van der Waals surface area contributed by atoms with Crippen molar-refractivity contribution in [2.45, 2.75) is 19.4 Å². The molecule has 1 aromatic carbocycles. The number of nitrogens with zero attached hydrogens (tertiary/aromatic N) is 1. The standard InChI is InChI=1S/C16H16BrN3O2/c1-10-7-8-12(14(17)19-10)16(22)20-13(15(18)21)9-11-5-3-2-4-6-11/h2-8,13H,9H2,1H3,(H2,18,21)(H,20,22)/t13-/m1/s1. The summed E-state index contributed by atoms with van der Waals surface area (Å²) in [5.41, 5.74) is 7.47. The lowest BCUT2D eigenvalue weighted by molar-refractivity contribution is -0.119. The molecule has 0 fully saturated rings. The molecule has 0 radical (unpaired) electrons. The Morgan fingerprint density at radius 3 is 2.50 bits per heavy atom. The van der Waals surface area contributed by atoms with Crippen LogP contribution >= 0.6 is 15.9 Å². The van der Waals surface area contributed by atoms with Gasteiger partial charge in [-0.15, -0.1) is 0 Å². The van der Waals surface area contributed by atoms with E-state index in [2.05, 4.69) is 26.2 Å². The molecule has 2 aromatic rings. The number of aryl methyl sites for hydroxylation is 1. The van der Waals surface area contributed by atoms with Crippen molar-refractivity contribution in [2.24, 2.45) is 5.73 Å². The first-order chi connectivity index (χ1) is 10.5. The van der Waals surface area contributed by atoms with Crippen LogP contribution in [0, 0.1) is 6.92 Å². The maximum Gasteiger partial charge on any atom is 0.254 e. The molecule has 0 aliphatic carbocycles. The van der Waals surface area contributed by atoms with Gasteiger partial charge in [0.05, 0.1) is 5.56 Å². The van der Waals surface area contributed by atoms with Crippen molar-refractivity contribution in [2.75, 3.05) is 0 Å². The monoisotopic (exact) mass is 361 g/mol. The SMILES string of the molecule is Cc1ccc(C(=O)N[C@H](Cc2ccccc2)C(N)=O)c(Br)n1. The van der Waals surface area contributed by atoms with Gasteiger partial charge in [-0.2, -0.15) is 0 Å². The Kier molecular flexibility index (Phi) is 5.27. The molecule has 114 valence electrons. The Hall–Kier alpha value is -2.21. The average molecular weight is 362 g/mol. The number of amides is 2. The van der Waals surface area contributed by atoms with Crippen LogP contribution in [0.5, 0.6) is 0 Å². The van der Waals surface area contributed by atoms with Crippen LogP contribution in [0.25, 0.3) is 0 Å². The second-order valence-corrected chi connectivity index (χ2v) is 5.66. The largest absolute Gasteiger partial charge is 0.368 e. The lowest BCUT2D eigenvalue weighted by Crippen LogP contribution is -2.46. The van der Waals surface area contributed by atoms with Gasteiger partial charge in [-0.1, -0.05) is 30.3 Å². The molecule has 2 amide bonds. The minimum atomic E-state index is -0.775. The first kappa shape index (κ1) is 16.2. The summed E-state index contributed by atoms with van der Waals surface area (Å²) in [5.74, 6) is -0.965. The Bertz CT molecular complexity index is 689. The second kappa shape index (κ2) is 7.17. The van der Waals surface area contributed by atoms with Gasteiger partial charge in [-0.25, -0.2) is 4.98 Å². The van der Waals surface area contributed by atoms with Gasteiger partial charge in [0.2, 0.25) is 5.91 Å². The van der Waals surface area contributed by atoms with Crippen LogP contribution < -0.4 is 11.1 Å². The van der Waals surface area contributed by atoms with Gasteiger partial charge in [0.1, 0.15) is 10.6 Å². The number of carbonyl (C=O) groups is 2. The molecule has 6 heteroatoms. The van der Waals surface area contributed by atoms with Crippen LogP contribution in [-0.2, 0) is 11.2 Å². The number of carbonyl (C=O) groups excluding carboxylic acids is 2. The van der Waals surface area contributed by atoms with Crippen LogP contribution in [0.2, 0.25) is 0 Å². The zero-order chi connectivity index (χ0) is 16.1. The van der Waals surface area contributed by atoms with Crippen molar-refractivity contribution < 1.29 is 9.59 Å². The molecule has 0 bridgehead atoms. The molecular weight excluding hydrogens is 346 g/mol. The number of primary amides is 1. The molecule has 0 aliphatic heterocycles. The zero-order valence-electron chi connectivity index (χ0n) is 12.0. The highest BCUT2D eigenvalue weighted by Crippen LogP contribution is 2.15. The molecule has 22 heavy (non-hydrogen) atoms. The van der Waals surface area contributed by atoms with E-state index in [4.69, 9.17) is 5.73 Å². The van der Waals surface area contributed by atoms with Gasteiger partial charge >= 0.3 is 0 Å². The fourth-order valence-corrected chi connectivity index (χ4v) is 2.59. The molecule has 0 saturated heterocycles. The van der Waals surface area contributed by atoms with Crippen molar-refractivity contribution in [3.63, 3.8) is 0 Å². The molecule has 5 nitrogen and oxygen atoms in total. The van der Waals surface area contributed by atoms with Gasteiger partial charge in [-0.3, -0.25) is 9.59 Å². The minimum Gasteiger partial charge on any atom is -0.368 e. The van der Waals surface area contributed by atoms with E-state index in [1.54, 1.807) is 12.1 Å². The van der Waals surface area contributed by atoms with Crippen LogP contribution in [0.3, 0.4) is 0 Å². The quantitative estimate of drug-likeness (QED) is 0.798. The molecule has 0 saturated carbocycles. The highest BCUT2D eigenvalue weighted by molar-refractivity contribution is 9.10. The number of aromatic nitrogens is 1. The van der Waals surface area contributed by atoms with Crippen LogP contribution in [0.15, 0.2) is 47.1 Å². The summed E-state index contributed by atoms with van der Waals surface area (Å²) in [5, 5.41) is 2.66. The number of pyridine rings is 1. The van der Waals surface area contributed by atoms with E-state index in [0.29, 0.717) is 16.6 Å². The number of nitrogens with two attached hydrogens (primary N) is 1. The molecule has 1 heterocycles. The molecule has 0 aliphatic rings. The van der Waals surface area contributed by atoms with Crippen LogP contribution in [0.4, 0.5) is 0 Å². The summed E-state index contributed by atoms with van der Waals surface area (Å²) >= 11 is 3.25.